The van der Waals surface area contributed by atoms with Crippen LogP contribution in [0, 0.1) is 0 Å². The molecule has 10 rings (SSSR count). The Morgan fingerprint density at radius 2 is 1.23 bits per heavy atom. The monoisotopic (exact) mass is 604 g/mol. The third-order valence-corrected chi connectivity index (χ3v) is 9.87. The molecular weight excluding hydrogens is 576 g/mol. The van der Waals surface area contributed by atoms with Crippen molar-refractivity contribution >= 4 is 43.7 Å². The minimum atomic E-state index is -0.138. The van der Waals surface area contributed by atoms with Gasteiger partial charge in [0, 0.05) is 32.7 Å². The van der Waals surface area contributed by atoms with Crippen LogP contribution in [-0.4, -0.2) is 19.5 Å². The lowest BCUT2D eigenvalue weighted by Crippen LogP contribution is -2.15. The van der Waals surface area contributed by atoms with Gasteiger partial charge in [0.15, 0.2) is 11.6 Å². The van der Waals surface area contributed by atoms with Gasteiger partial charge >= 0.3 is 0 Å². The molecule has 0 atom stereocenters. The molecule has 1 aliphatic rings. The topological polar surface area (TPSA) is 56.7 Å². The second-order valence-corrected chi connectivity index (χ2v) is 12.9. The first-order valence-electron chi connectivity index (χ1n) is 16.0. The van der Waals surface area contributed by atoms with Crippen LogP contribution in [0.15, 0.2) is 138 Å². The standard InChI is InChI=1S/C42H28N4O/c1-42(2)32-17-9-6-14-27(32)28-21-20-26(24-33(28)42)40-43-39(25-12-4-3-5-13-25)44-41(45-40)46-34-18-10-7-15-29(34)30-22-23-36-37(38(30)46)31-16-8-11-19-35(31)47-36/h3-24H,1-2H3. The highest BCUT2D eigenvalue weighted by Crippen LogP contribution is 2.49. The van der Waals surface area contributed by atoms with E-state index < -0.39 is 0 Å². The third-order valence-electron chi connectivity index (χ3n) is 9.87. The van der Waals surface area contributed by atoms with Crippen LogP contribution in [0.25, 0.3) is 83.6 Å². The fraction of sp³-hybridized carbons (Fsp3) is 0.0714. The van der Waals surface area contributed by atoms with E-state index in [1.807, 2.05) is 30.3 Å². The maximum atomic E-state index is 6.36. The van der Waals surface area contributed by atoms with E-state index in [0.717, 1.165) is 54.9 Å². The first-order valence-corrected chi connectivity index (χ1v) is 16.0. The van der Waals surface area contributed by atoms with Gasteiger partial charge in [0.25, 0.3) is 0 Å². The van der Waals surface area contributed by atoms with Crippen LogP contribution in [0.2, 0.25) is 0 Å². The number of nitrogens with zero attached hydrogens (tertiary/aromatic N) is 4. The van der Waals surface area contributed by atoms with Gasteiger partial charge in [-0.2, -0.15) is 9.97 Å². The molecule has 5 nitrogen and oxygen atoms in total. The number of para-hydroxylation sites is 2. The van der Waals surface area contributed by atoms with Crippen molar-refractivity contribution in [2.45, 2.75) is 19.3 Å². The van der Waals surface area contributed by atoms with Crippen LogP contribution < -0.4 is 0 Å². The summed E-state index contributed by atoms with van der Waals surface area (Å²) < 4.78 is 8.55. The summed E-state index contributed by atoms with van der Waals surface area (Å²) in [5, 5.41) is 4.37. The lowest BCUT2D eigenvalue weighted by Gasteiger charge is -2.21. The number of aromatic nitrogens is 4. The van der Waals surface area contributed by atoms with E-state index in [-0.39, 0.29) is 5.41 Å². The van der Waals surface area contributed by atoms with E-state index in [0.29, 0.717) is 17.6 Å². The van der Waals surface area contributed by atoms with E-state index in [9.17, 15) is 0 Å². The largest absolute Gasteiger partial charge is 0.456 e. The van der Waals surface area contributed by atoms with Gasteiger partial charge in [-0.1, -0.05) is 117 Å². The van der Waals surface area contributed by atoms with Crippen LogP contribution in [0.1, 0.15) is 25.0 Å². The molecule has 0 bridgehead atoms. The molecule has 0 N–H and O–H groups in total. The van der Waals surface area contributed by atoms with Gasteiger partial charge in [0.05, 0.1) is 16.4 Å². The minimum Gasteiger partial charge on any atom is -0.456 e. The predicted octanol–water partition coefficient (Wildman–Crippen LogP) is 10.5. The molecule has 0 fully saturated rings. The summed E-state index contributed by atoms with van der Waals surface area (Å²) in [6, 6.07) is 46.5. The Bertz CT molecular complexity index is 2720. The number of hydrogen-bond acceptors (Lipinski definition) is 4. The second kappa shape index (κ2) is 9.47. The molecule has 6 aromatic carbocycles. The zero-order valence-corrected chi connectivity index (χ0v) is 25.9. The average molecular weight is 605 g/mol. The van der Waals surface area contributed by atoms with Crippen molar-refractivity contribution in [2.24, 2.45) is 0 Å². The van der Waals surface area contributed by atoms with Gasteiger partial charge < -0.3 is 4.42 Å². The summed E-state index contributed by atoms with van der Waals surface area (Å²) in [4.78, 5) is 15.6. The summed E-state index contributed by atoms with van der Waals surface area (Å²) >= 11 is 0. The smallest absolute Gasteiger partial charge is 0.238 e. The van der Waals surface area contributed by atoms with Crippen LogP contribution in [0.4, 0.5) is 0 Å². The van der Waals surface area contributed by atoms with Gasteiger partial charge in [-0.05, 0) is 52.6 Å². The van der Waals surface area contributed by atoms with E-state index in [1.54, 1.807) is 0 Å². The van der Waals surface area contributed by atoms with Crippen molar-refractivity contribution in [1.82, 2.24) is 19.5 Å². The summed E-state index contributed by atoms with van der Waals surface area (Å²) in [6.07, 6.45) is 0. The number of rotatable bonds is 3. The molecule has 0 saturated heterocycles. The number of furan rings is 1. The number of benzene rings is 6. The van der Waals surface area contributed by atoms with Crippen LogP contribution >= 0.6 is 0 Å². The molecule has 0 saturated carbocycles. The summed E-state index contributed by atoms with van der Waals surface area (Å²) in [7, 11) is 0. The second-order valence-electron chi connectivity index (χ2n) is 12.9. The average Bonchev–Trinajstić information content (AvgIpc) is 3.74. The zero-order chi connectivity index (χ0) is 31.3. The molecule has 0 aliphatic heterocycles. The van der Waals surface area contributed by atoms with Crippen molar-refractivity contribution < 1.29 is 4.42 Å². The van der Waals surface area contributed by atoms with Gasteiger partial charge in [-0.15, -0.1) is 0 Å². The molecule has 0 amide bonds. The fourth-order valence-corrected chi connectivity index (χ4v) is 7.63. The van der Waals surface area contributed by atoms with Crippen molar-refractivity contribution in [2.75, 3.05) is 0 Å². The fourth-order valence-electron chi connectivity index (χ4n) is 7.63. The highest BCUT2D eigenvalue weighted by atomic mass is 16.3. The van der Waals surface area contributed by atoms with E-state index in [4.69, 9.17) is 19.4 Å². The maximum Gasteiger partial charge on any atom is 0.238 e. The SMILES string of the molecule is CC1(C)c2ccccc2-c2ccc(-c3nc(-c4ccccc4)nc(-n4c5ccccc5c5ccc6oc7ccccc7c6c54)n3)cc21. The molecule has 222 valence electrons. The molecule has 5 heteroatoms. The first-order chi connectivity index (χ1) is 23.1. The molecule has 3 aromatic heterocycles. The highest BCUT2D eigenvalue weighted by Gasteiger charge is 2.35. The molecule has 0 unspecified atom stereocenters. The van der Waals surface area contributed by atoms with Gasteiger partial charge in [0.1, 0.15) is 11.2 Å². The van der Waals surface area contributed by atoms with Crippen LogP contribution in [0.5, 0.6) is 0 Å². The Morgan fingerprint density at radius 3 is 2.11 bits per heavy atom. The Labute approximate surface area is 270 Å². The summed E-state index contributed by atoms with van der Waals surface area (Å²) in [5.74, 6) is 1.84. The quantitative estimate of drug-likeness (QED) is 0.201. The Hall–Kier alpha value is -6.07. The maximum absolute atomic E-state index is 6.36. The molecule has 0 radical (unpaired) electrons. The Balaban J connectivity index is 1.29. The van der Waals surface area contributed by atoms with Crippen molar-refractivity contribution in [1.29, 1.82) is 0 Å². The number of hydrogen-bond donors (Lipinski definition) is 0. The Morgan fingerprint density at radius 1 is 0.532 bits per heavy atom. The van der Waals surface area contributed by atoms with Gasteiger partial charge in [-0.25, -0.2) is 4.98 Å². The molecular formula is C42H28N4O. The van der Waals surface area contributed by atoms with Crippen LogP contribution in [-0.2, 0) is 5.41 Å². The van der Waals surface area contributed by atoms with Crippen molar-refractivity contribution in [3.05, 3.63) is 145 Å². The van der Waals surface area contributed by atoms with E-state index in [2.05, 4.69) is 122 Å². The van der Waals surface area contributed by atoms with E-state index in [1.165, 1.54) is 22.3 Å². The molecule has 1 aliphatic carbocycles. The predicted molar refractivity (Wildman–Crippen MR) is 190 cm³/mol. The highest BCUT2D eigenvalue weighted by molar-refractivity contribution is 6.24. The van der Waals surface area contributed by atoms with Gasteiger partial charge in [-0.3, -0.25) is 4.57 Å². The molecule has 3 heterocycles. The minimum absolute atomic E-state index is 0.138. The molecule has 47 heavy (non-hydrogen) atoms. The van der Waals surface area contributed by atoms with Crippen molar-refractivity contribution in [3.63, 3.8) is 0 Å². The zero-order valence-electron chi connectivity index (χ0n) is 25.9. The van der Waals surface area contributed by atoms with Crippen molar-refractivity contribution in [3.8, 4) is 39.9 Å². The third kappa shape index (κ3) is 3.68. The molecule has 0 spiro atoms. The lowest BCUT2D eigenvalue weighted by atomic mass is 9.82. The van der Waals surface area contributed by atoms with Crippen LogP contribution in [0.3, 0.4) is 0 Å². The molecule has 9 aromatic rings. The normalized spacial score (nSPS) is 13.5. The van der Waals surface area contributed by atoms with E-state index >= 15 is 0 Å². The Kier molecular flexibility index (Phi) is 5.28. The summed E-state index contributed by atoms with van der Waals surface area (Å²) in [5.41, 5.74) is 10.7. The summed E-state index contributed by atoms with van der Waals surface area (Å²) in [6.45, 7) is 4.60. The first kappa shape index (κ1) is 26.2. The lowest BCUT2D eigenvalue weighted by molar-refractivity contribution is 0.660. The number of fused-ring (bicyclic) bond motifs is 10. The van der Waals surface area contributed by atoms with Gasteiger partial charge in [0.2, 0.25) is 5.95 Å².